The summed E-state index contributed by atoms with van der Waals surface area (Å²) in [5.74, 6) is -0.216. The third-order valence-electron chi connectivity index (χ3n) is 3.11. The lowest BCUT2D eigenvalue weighted by Gasteiger charge is -2.25. The van der Waals surface area contributed by atoms with Crippen LogP contribution >= 0.6 is 27.3 Å². The van der Waals surface area contributed by atoms with Gasteiger partial charge < -0.3 is 5.32 Å². The normalized spacial score (nSPS) is 12.2. The molecule has 130 valence electrons. The van der Waals surface area contributed by atoms with Gasteiger partial charge in [0, 0.05) is 21.4 Å². The second kappa shape index (κ2) is 7.35. The molecule has 2 aromatic rings. The number of hydrogen-bond acceptors (Lipinski definition) is 4. The van der Waals surface area contributed by atoms with Crippen LogP contribution in [0.3, 0.4) is 0 Å². The maximum absolute atomic E-state index is 12.3. The fraction of sp³-hybridized carbons (Fsp3) is 0.312. The van der Waals surface area contributed by atoms with Crippen molar-refractivity contribution >= 4 is 43.2 Å². The molecule has 0 fully saturated rings. The summed E-state index contributed by atoms with van der Waals surface area (Å²) in [7, 11) is -3.33. The number of sulfonamides is 1. The first-order chi connectivity index (χ1) is 11.1. The van der Waals surface area contributed by atoms with Crippen LogP contribution in [0.15, 0.2) is 40.9 Å². The summed E-state index contributed by atoms with van der Waals surface area (Å²) in [6.07, 6.45) is 1.10. The van der Waals surface area contributed by atoms with Gasteiger partial charge in [-0.2, -0.15) is 0 Å². The maximum Gasteiger partial charge on any atom is 0.261 e. The molecule has 1 heterocycles. The summed E-state index contributed by atoms with van der Waals surface area (Å²) in [6, 6.07) is 11.5. The van der Waals surface area contributed by atoms with E-state index in [1.807, 2.05) is 30.3 Å². The molecule has 0 aliphatic rings. The predicted molar refractivity (Wildman–Crippen MR) is 102 cm³/mol. The van der Waals surface area contributed by atoms with Crippen molar-refractivity contribution in [3.05, 3.63) is 45.7 Å². The number of halogens is 1. The molecule has 0 unspecified atom stereocenters. The van der Waals surface area contributed by atoms with Crippen LogP contribution < -0.4 is 10.0 Å². The van der Waals surface area contributed by atoms with Crippen molar-refractivity contribution < 1.29 is 13.2 Å². The van der Waals surface area contributed by atoms with E-state index in [4.69, 9.17) is 0 Å². The van der Waals surface area contributed by atoms with Crippen molar-refractivity contribution in [1.29, 1.82) is 0 Å². The lowest BCUT2D eigenvalue weighted by atomic mass is 10.1. The summed E-state index contributed by atoms with van der Waals surface area (Å²) >= 11 is 4.79. The molecule has 0 aliphatic carbocycles. The number of benzene rings is 1. The minimum atomic E-state index is -3.33. The first kappa shape index (κ1) is 19.1. The molecule has 1 amide bonds. The Kier molecular flexibility index (Phi) is 5.85. The fourth-order valence-corrected chi connectivity index (χ4v) is 4.42. The Morgan fingerprint density at radius 3 is 2.38 bits per heavy atom. The van der Waals surface area contributed by atoms with Crippen LogP contribution in [0.5, 0.6) is 0 Å². The highest BCUT2D eigenvalue weighted by Crippen LogP contribution is 2.29. The zero-order valence-electron chi connectivity index (χ0n) is 13.6. The predicted octanol–water partition coefficient (Wildman–Crippen LogP) is 3.24. The fourth-order valence-electron chi connectivity index (χ4n) is 2.16. The van der Waals surface area contributed by atoms with Gasteiger partial charge in [-0.3, -0.25) is 4.79 Å². The molecule has 2 N–H and O–H groups in total. The van der Waals surface area contributed by atoms with E-state index < -0.39 is 15.6 Å². The van der Waals surface area contributed by atoms with E-state index in [1.54, 1.807) is 19.9 Å². The topological polar surface area (TPSA) is 75.3 Å². The maximum atomic E-state index is 12.3. The zero-order valence-corrected chi connectivity index (χ0v) is 16.8. The number of carbonyl (C=O) groups excluding carboxylic acids is 1. The Bertz CT molecular complexity index is 827. The first-order valence-electron chi connectivity index (χ1n) is 7.19. The monoisotopic (exact) mass is 430 g/mol. The van der Waals surface area contributed by atoms with Crippen LogP contribution in [-0.4, -0.2) is 32.7 Å². The highest BCUT2D eigenvalue weighted by Gasteiger charge is 2.23. The molecule has 0 radical (unpaired) electrons. The van der Waals surface area contributed by atoms with Crippen LogP contribution in [0.25, 0.3) is 10.4 Å². The van der Waals surface area contributed by atoms with Crippen molar-refractivity contribution in [3.63, 3.8) is 0 Å². The molecular weight excluding hydrogens is 412 g/mol. The molecule has 0 saturated carbocycles. The number of thiophene rings is 1. The number of nitrogens with one attached hydrogen (secondary N) is 2. The minimum Gasteiger partial charge on any atom is -0.349 e. The summed E-state index contributed by atoms with van der Waals surface area (Å²) in [5.41, 5.74) is 0.288. The largest absolute Gasteiger partial charge is 0.349 e. The van der Waals surface area contributed by atoms with Gasteiger partial charge in [0.2, 0.25) is 10.0 Å². The molecule has 5 nitrogen and oxygen atoms in total. The zero-order chi connectivity index (χ0) is 18.0. The first-order valence-corrected chi connectivity index (χ1v) is 10.7. The lowest BCUT2D eigenvalue weighted by Crippen LogP contribution is -2.50. The van der Waals surface area contributed by atoms with Gasteiger partial charge in [0.15, 0.2) is 0 Å². The Balaban J connectivity index is 2.02. The number of hydrogen-bond donors (Lipinski definition) is 2. The highest BCUT2D eigenvalue weighted by atomic mass is 79.9. The minimum absolute atomic E-state index is 0.199. The van der Waals surface area contributed by atoms with Gasteiger partial charge in [-0.25, -0.2) is 13.1 Å². The van der Waals surface area contributed by atoms with E-state index in [9.17, 15) is 13.2 Å². The van der Waals surface area contributed by atoms with Gasteiger partial charge in [-0.05, 0) is 43.7 Å². The van der Waals surface area contributed by atoms with E-state index in [2.05, 4.69) is 26.0 Å². The Hall–Kier alpha value is -1.22. The second-order valence-corrected chi connectivity index (χ2v) is 9.86. The Labute approximate surface area is 154 Å². The number of rotatable bonds is 6. The van der Waals surface area contributed by atoms with E-state index in [0.29, 0.717) is 4.88 Å². The molecule has 1 aromatic heterocycles. The summed E-state index contributed by atoms with van der Waals surface area (Å²) in [5, 5.41) is 2.77. The smallest absolute Gasteiger partial charge is 0.261 e. The van der Waals surface area contributed by atoms with Crippen molar-refractivity contribution in [2.45, 2.75) is 19.4 Å². The highest BCUT2D eigenvalue weighted by molar-refractivity contribution is 9.10. The van der Waals surface area contributed by atoms with Crippen LogP contribution in [0.2, 0.25) is 0 Å². The van der Waals surface area contributed by atoms with E-state index in [-0.39, 0.29) is 12.5 Å². The van der Waals surface area contributed by atoms with Gasteiger partial charge in [-0.1, -0.05) is 28.1 Å². The van der Waals surface area contributed by atoms with Crippen molar-refractivity contribution in [2.24, 2.45) is 0 Å². The Morgan fingerprint density at radius 2 is 1.79 bits per heavy atom. The number of carbonyl (C=O) groups is 1. The molecule has 0 aliphatic heterocycles. The molecular formula is C16H19BrN2O3S2. The average molecular weight is 431 g/mol. The third kappa shape index (κ3) is 5.70. The molecule has 0 atom stereocenters. The quantitative estimate of drug-likeness (QED) is 0.738. The summed E-state index contributed by atoms with van der Waals surface area (Å²) < 4.78 is 26.1. The SMILES string of the molecule is CC(C)(CNC(=O)c1ccc(-c2ccc(Br)cc2)s1)NS(C)(=O)=O. The number of amides is 1. The van der Waals surface area contributed by atoms with Gasteiger partial charge in [0.1, 0.15) is 0 Å². The summed E-state index contributed by atoms with van der Waals surface area (Å²) in [6.45, 7) is 3.64. The van der Waals surface area contributed by atoms with Gasteiger partial charge in [0.25, 0.3) is 5.91 Å². The molecule has 0 spiro atoms. The van der Waals surface area contributed by atoms with Crippen LogP contribution in [0.1, 0.15) is 23.5 Å². The van der Waals surface area contributed by atoms with Crippen molar-refractivity contribution in [1.82, 2.24) is 10.0 Å². The van der Waals surface area contributed by atoms with Crippen molar-refractivity contribution in [2.75, 3.05) is 12.8 Å². The average Bonchev–Trinajstić information content (AvgIpc) is 2.93. The molecule has 8 heteroatoms. The molecule has 1 aromatic carbocycles. The van der Waals surface area contributed by atoms with E-state index >= 15 is 0 Å². The van der Waals surface area contributed by atoms with Crippen molar-refractivity contribution in [3.8, 4) is 10.4 Å². The van der Waals surface area contributed by atoms with Crippen LogP contribution in [0.4, 0.5) is 0 Å². The summed E-state index contributed by atoms with van der Waals surface area (Å²) in [4.78, 5) is 13.9. The van der Waals surface area contributed by atoms with Crippen LogP contribution in [-0.2, 0) is 10.0 Å². The molecule has 2 rings (SSSR count). The van der Waals surface area contributed by atoms with Crippen LogP contribution in [0, 0.1) is 0 Å². The van der Waals surface area contributed by atoms with Gasteiger partial charge in [-0.15, -0.1) is 11.3 Å². The molecule has 0 bridgehead atoms. The van der Waals surface area contributed by atoms with E-state index in [0.717, 1.165) is 21.2 Å². The van der Waals surface area contributed by atoms with Gasteiger partial charge in [0.05, 0.1) is 11.1 Å². The second-order valence-electron chi connectivity index (χ2n) is 6.11. The molecule has 0 saturated heterocycles. The van der Waals surface area contributed by atoms with Gasteiger partial charge >= 0.3 is 0 Å². The Morgan fingerprint density at radius 1 is 1.17 bits per heavy atom. The molecule has 24 heavy (non-hydrogen) atoms. The standard InChI is InChI=1S/C16H19BrN2O3S2/c1-16(2,19-24(3,21)22)10-18-15(20)14-9-8-13(23-14)11-4-6-12(17)7-5-11/h4-9,19H,10H2,1-3H3,(H,18,20). The van der Waals surface area contributed by atoms with E-state index in [1.165, 1.54) is 11.3 Å². The lowest BCUT2D eigenvalue weighted by molar-refractivity contribution is 0.0948. The third-order valence-corrected chi connectivity index (χ3v) is 5.70.